The molecule has 106 valence electrons. The lowest BCUT2D eigenvalue weighted by Gasteiger charge is -2.25. The Bertz CT molecular complexity index is 432. The summed E-state index contributed by atoms with van der Waals surface area (Å²) in [6.45, 7) is 8.87. The summed E-state index contributed by atoms with van der Waals surface area (Å²) in [7, 11) is 0. The van der Waals surface area contributed by atoms with E-state index in [0.29, 0.717) is 12.1 Å². The Balaban J connectivity index is 2.72. The summed E-state index contributed by atoms with van der Waals surface area (Å²) in [4.78, 5) is 12.2. The van der Waals surface area contributed by atoms with Crippen LogP contribution in [0.1, 0.15) is 33.3 Å². The average molecular weight is 266 g/mol. The second-order valence-corrected chi connectivity index (χ2v) is 5.27. The minimum Gasteiger partial charge on any atom is -0.354 e. The third-order valence-electron chi connectivity index (χ3n) is 3.24. The normalized spacial score (nSPS) is 13.1. The van der Waals surface area contributed by atoms with Gasteiger partial charge in [-0.05, 0) is 33.4 Å². The first-order valence-electron chi connectivity index (χ1n) is 6.66. The molecule has 0 aliphatic heterocycles. The van der Waals surface area contributed by atoms with E-state index in [1.54, 1.807) is 32.0 Å². The molecule has 0 fully saturated rings. The van der Waals surface area contributed by atoms with E-state index in [2.05, 4.69) is 10.6 Å². The highest BCUT2D eigenvalue weighted by Gasteiger charge is 2.32. The zero-order chi connectivity index (χ0) is 14.5. The Labute approximate surface area is 114 Å². The Hall–Kier alpha value is -1.42. The zero-order valence-electron chi connectivity index (χ0n) is 12.1. The summed E-state index contributed by atoms with van der Waals surface area (Å²) in [5.74, 6) is -0.510. The maximum Gasteiger partial charge on any atom is 0.230 e. The van der Waals surface area contributed by atoms with Gasteiger partial charge in [-0.1, -0.05) is 25.1 Å². The third-order valence-corrected chi connectivity index (χ3v) is 3.24. The lowest BCUT2D eigenvalue weighted by atomic mass is 9.83. The molecule has 19 heavy (non-hydrogen) atoms. The monoisotopic (exact) mass is 266 g/mol. The molecule has 1 rings (SSSR count). The smallest absolute Gasteiger partial charge is 0.230 e. The first kappa shape index (κ1) is 15.6. The molecule has 0 saturated heterocycles. The first-order chi connectivity index (χ1) is 8.89. The summed E-state index contributed by atoms with van der Waals surface area (Å²) in [6, 6.07) is 6.61. The van der Waals surface area contributed by atoms with Crippen LogP contribution in [0, 0.1) is 5.82 Å². The van der Waals surface area contributed by atoms with Crippen molar-refractivity contribution in [1.82, 2.24) is 10.6 Å². The van der Waals surface area contributed by atoms with Gasteiger partial charge in [-0.25, -0.2) is 4.39 Å². The molecule has 0 heterocycles. The van der Waals surface area contributed by atoms with Crippen LogP contribution >= 0.6 is 0 Å². The van der Waals surface area contributed by atoms with Crippen LogP contribution in [0.15, 0.2) is 24.3 Å². The van der Waals surface area contributed by atoms with Gasteiger partial charge in [0, 0.05) is 18.2 Å². The van der Waals surface area contributed by atoms with Crippen LogP contribution in [0.3, 0.4) is 0 Å². The topological polar surface area (TPSA) is 41.1 Å². The van der Waals surface area contributed by atoms with Crippen LogP contribution in [0.4, 0.5) is 4.39 Å². The van der Waals surface area contributed by atoms with Crippen molar-refractivity contribution >= 4 is 5.91 Å². The second kappa shape index (κ2) is 6.66. The predicted molar refractivity (Wildman–Crippen MR) is 75.6 cm³/mol. The van der Waals surface area contributed by atoms with E-state index in [1.807, 2.05) is 13.8 Å². The fourth-order valence-electron chi connectivity index (χ4n) is 1.98. The molecule has 0 saturated carbocycles. The van der Waals surface area contributed by atoms with E-state index in [0.717, 1.165) is 6.54 Å². The molecule has 0 bridgehead atoms. The van der Waals surface area contributed by atoms with Crippen molar-refractivity contribution in [3.8, 4) is 0 Å². The van der Waals surface area contributed by atoms with Gasteiger partial charge in [0.25, 0.3) is 0 Å². The molecule has 1 atom stereocenters. The van der Waals surface area contributed by atoms with Crippen LogP contribution in [-0.2, 0) is 10.2 Å². The molecule has 2 N–H and O–H groups in total. The molecule has 1 aromatic carbocycles. The molecule has 0 aromatic heterocycles. The van der Waals surface area contributed by atoms with Gasteiger partial charge in [-0.2, -0.15) is 0 Å². The SMILES string of the molecule is CCN[C@H](C)CNC(=O)C(C)(C)c1ccccc1F. The van der Waals surface area contributed by atoms with Crippen molar-refractivity contribution in [1.29, 1.82) is 0 Å². The largest absolute Gasteiger partial charge is 0.354 e. The van der Waals surface area contributed by atoms with E-state index in [9.17, 15) is 9.18 Å². The molecule has 0 aliphatic carbocycles. The van der Waals surface area contributed by atoms with Crippen LogP contribution in [0.25, 0.3) is 0 Å². The van der Waals surface area contributed by atoms with E-state index >= 15 is 0 Å². The summed E-state index contributed by atoms with van der Waals surface area (Å²) in [5, 5.41) is 6.08. The number of rotatable bonds is 6. The van der Waals surface area contributed by atoms with Gasteiger partial charge < -0.3 is 10.6 Å². The molecular formula is C15H23FN2O. The van der Waals surface area contributed by atoms with E-state index in [-0.39, 0.29) is 17.8 Å². The molecule has 0 unspecified atom stereocenters. The molecule has 1 aromatic rings. The second-order valence-electron chi connectivity index (χ2n) is 5.27. The maximum absolute atomic E-state index is 13.8. The predicted octanol–water partition coefficient (Wildman–Crippen LogP) is 2.22. The Kier molecular flexibility index (Phi) is 5.48. The van der Waals surface area contributed by atoms with Crippen molar-refractivity contribution in [3.05, 3.63) is 35.6 Å². The van der Waals surface area contributed by atoms with E-state index < -0.39 is 5.41 Å². The number of halogens is 1. The Morgan fingerprint density at radius 1 is 1.37 bits per heavy atom. The average Bonchev–Trinajstić information content (AvgIpc) is 2.36. The van der Waals surface area contributed by atoms with Gasteiger partial charge in [0.15, 0.2) is 0 Å². The fourth-order valence-corrected chi connectivity index (χ4v) is 1.98. The van der Waals surface area contributed by atoms with Gasteiger partial charge in [0.2, 0.25) is 5.91 Å². The maximum atomic E-state index is 13.8. The van der Waals surface area contributed by atoms with Crippen molar-refractivity contribution in [2.75, 3.05) is 13.1 Å². The van der Waals surface area contributed by atoms with Crippen LogP contribution < -0.4 is 10.6 Å². The minimum absolute atomic E-state index is 0.164. The van der Waals surface area contributed by atoms with Gasteiger partial charge >= 0.3 is 0 Å². The highest BCUT2D eigenvalue weighted by atomic mass is 19.1. The van der Waals surface area contributed by atoms with Gasteiger partial charge in [0.05, 0.1) is 5.41 Å². The van der Waals surface area contributed by atoms with Crippen molar-refractivity contribution in [2.24, 2.45) is 0 Å². The number of amides is 1. The highest BCUT2D eigenvalue weighted by molar-refractivity contribution is 5.87. The van der Waals surface area contributed by atoms with Crippen molar-refractivity contribution in [3.63, 3.8) is 0 Å². The third kappa shape index (κ3) is 4.03. The lowest BCUT2D eigenvalue weighted by Crippen LogP contribution is -2.45. The molecule has 0 aliphatic rings. The number of hydrogen-bond donors (Lipinski definition) is 2. The van der Waals surface area contributed by atoms with Crippen molar-refractivity contribution in [2.45, 2.75) is 39.2 Å². The minimum atomic E-state index is -0.878. The zero-order valence-corrected chi connectivity index (χ0v) is 12.1. The number of nitrogens with one attached hydrogen (secondary N) is 2. The van der Waals surface area contributed by atoms with Crippen molar-refractivity contribution < 1.29 is 9.18 Å². The van der Waals surface area contributed by atoms with Crippen LogP contribution in [0.2, 0.25) is 0 Å². The molecule has 3 nitrogen and oxygen atoms in total. The quantitative estimate of drug-likeness (QED) is 0.829. The van der Waals surface area contributed by atoms with Gasteiger partial charge in [0.1, 0.15) is 5.82 Å². The van der Waals surface area contributed by atoms with Gasteiger partial charge in [-0.3, -0.25) is 4.79 Å². The lowest BCUT2D eigenvalue weighted by molar-refractivity contribution is -0.125. The number of carbonyl (C=O) groups is 1. The summed E-state index contributed by atoms with van der Waals surface area (Å²) >= 11 is 0. The number of likely N-dealkylation sites (N-methyl/N-ethyl adjacent to an activating group) is 1. The van der Waals surface area contributed by atoms with E-state index in [1.165, 1.54) is 6.07 Å². The molecular weight excluding hydrogens is 243 g/mol. The Morgan fingerprint density at radius 2 is 2.00 bits per heavy atom. The number of benzene rings is 1. The summed E-state index contributed by atoms with van der Waals surface area (Å²) < 4.78 is 13.8. The van der Waals surface area contributed by atoms with Gasteiger partial charge in [-0.15, -0.1) is 0 Å². The standard InChI is InChI=1S/C15H23FN2O/c1-5-17-11(2)10-18-14(19)15(3,4)12-8-6-7-9-13(12)16/h6-9,11,17H,5,10H2,1-4H3,(H,18,19)/t11-/m1/s1. The van der Waals surface area contributed by atoms with Crippen LogP contribution in [0.5, 0.6) is 0 Å². The summed E-state index contributed by atoms with van der Waals surface area (Å²) in [5.41, 5.74) is -0.458. The Morgan fingerprint density at radius 3 is 2.58 bits per heavy atom. The molecule has 4 heteroatoms. The highest BCUT2D eigenvalue weighted by Crippen LogP contribution is 2.25. The van der Waals surface area contributed by atoms with Crippen LogP contribution in [-0.4, -0.2) is 25.0 Å². The number of carbonyl (C=O) groups excluding carboxylic acids is 1. The first-order valence-corrected chi connectivity index (χ1v) is 6.66. The fraction of sp³-hybridized carbons (Fsp3) is 0.533. The molecule has 1 amide bonds. The molecule has 0 spiro atoms. The number of hydrogen-bond acceptors (Lipinski definition) is 2. The summed E-state index contributed by atoms with van der Waals surface area (Å²) in [6.07, 6.45) is 0. The molecule has 0 radical (unpaired) electrons. The van der Waals surface area contributed by atoms with E-state index in [4.69, 9.17) is 0 Å².